The first-order valence-electron chi connectivity index (χ1n) is 4.24. The molecular formula is C9H20N2. The van der Waals surface area contributed by atoms with Gasteiger partial charge in [-0.25, -0.2) is 0 Å². The molecule has 0 saturated heterocycles. The van der Waals surface area contributed by atoms with Crippen LogP contribution in [0.2, 0.25) is 0 Å². The van der Waals surface area contributed by atoms with E-state index in [2.05, 4.69) is 25.5 Å². The summed E-state index contributed by atoms with van der Waals surface area (Å²) in [5.41, 5.74) is 5.58. The Kier molecular flexibility index (Phi) is 6.18. The molecule has 0 bridgehead atoms. The van der Waals surface area contributed by atoms with Crippen molar-refractivity contribution in [1.29, 1.82) is 0 Å². The molecule has 2 N–H and O–H groups in total. The predicted molar refractivity (Wildman–Crippen MR) is 50.5 cm³/mol. The van der Waals surface area contributed by atoms with E-state index in [-0.39, 0.29) is 0 Å². The molecule has 2 nitrogen and oxygen atoms in total. The van der Waals surface area contributed by atoms with E-state index >= 15 is 0 Å². The smallest absolute Gasteiger partial charge is 0.0157 e. The van der Waals surface area contributed by atoms with Crippen LogP contribution in [0.3, 0.4) is 0 Å². The van der Waals surface area contributed by atoms with E-state index in [1.165, 1.54) is 0 Å². The maximum Gasteiger partial charge on any atom is 0.0157 e. The van der Waals surface area contributed by atoms with Gasteiger partial charge in [0.15, 0.2) is 0 Å². The zero-order valence-corrected chi connectivity index (χ0v) is 7.71. The van der Waals surface area contributed by atoms with Gasteiger partial charge in [0.05, 0.1) is 0 Å². The molecule has 0 aliphatic heterocycles. The Hall–Kier alpha value is -0.340. The van der Waals surface area contributed by atoms with Gasteiger partial charge in [0.2, 0.25) is 0 Å². The van der Waals surface area contributed by atoms with Crippen LogP contribution in [0.15, 0.2) is 12.7 Å². The van der Waals surface area contributed by atoms with Crippen LogP contribution in [0.5, 0.6) is 0 Å². The van der Waals surface area contributed by atoms with E-state index in [0.29, 0.717) is 5.92 Å². The van der Waals surface area contributed by atoms with Gasteiger partial charge in [-0.2, -0.15) is 0 Å². The lowest BCUT2D eigenvalue weighted by atomic mass is 10.1. The van der Waals surface area contributed by atoms with Crippen molar-refractivity contribution < 1.29 is 0 Å². The zero-order valence-electron chi connectivity index (χ0n) is 7.71. The SMILES string of the molecule is C=CCN(C)CC(CC)CN. The summed E-state index contributed by atoms with van der Waals surface area (Å²) >= 11 is 0. The lowest BCUT2D eigenvalue weighted by molar-refractivity contribution is 0.298. The van der Waals surface area contributed by atoms with Gasteiger partial charge < -0.3 is 10.6 Å². The number of nitrogens with zero attached hydrogens (tertiary/aromatic N) is 1. The Morgan fingerprint density at radius 3 is 2.64 bits per heavy atom. The molecule has 0 heterocycles. The summed E-state index contributed by atoms with van der Waals surface area (Å²) in [5, 5.41) is 0. The summed E-state index contributed by atoms with van der Waals surface area (Å²) in [6, 6.07) is 0. The summed E-state index contributed by atoms with van der Waals surface area (Å²) < 4.78 is 0. The third kappa shape index (κ3) is 4.99. The largest absolute Gasteiger partial charge is 0.330 e. The fourth-order valence-electron chi connectivity index (χ4n) is 1.11. The second-order valence-corrected chi connectivity index (χ2v) is 3.02. The van der Waals surface area contributed by atoms with Crippen LogP contribution in [0.4, 0.5) is 0 Å². The summed E-state index contributed by atoms with van der Waals surface area (Å²) in [6.07, 6.45) is 3.08. The van der Waals surface area contributed by atoms with Gasteiger partial charge in [-0.05, 0) is 19.5 Å². The van der Waals surface area contributed by atoms with Crippen molar-refractivity contribution in [3.63, 3.8) is 0 Å². The molecule has 1 unspecified atom stereocenters. The van der Waals surface area contributed by atoms with Crippen LogP contribution >= 0.6 is 0 Å². The molecule has 2 heteroatoms. The molecule has 0 aliphatic carbocycles. The van der Waals surface area contributed by atoms with E-state index in [1.54, 1.807) is 0 Å². The van der Waals surface area contributed by atoms with Crippen molar-refractivity contribution in [2.24, 2.45) is 11.7 Å². The zero-order chi connectivity index (χ0) is 8.69. The summed E-state index contributed by atoms with van der Waals surface area (Å²) in [5.74, 6) is 0.639. The van der Waals surface area contributed by atoms with Crippen LogP contribution < -0.4 is 5.73 Å². The molecule has 0 aromatic carbocycles. The molecule has 0 spiro atoms. The number of hydrogen-bond acceptors (Lipinski definition) is 2. The molecule has 0 aromatic rings. The quantitative estimate of drug-likeness (QED) is 0.583. The van der Waals surface area contributed by atoms with E-state index in [0.717, 1.165) is 26.1 Å². The number of rotatable bonds is 6. The third-order valence-corrected chi connectivity index (χ3v) is 1.92. The highest BCUT2D eigenvalue weighted by atomic mass is 15.1. The Morgan fingerprint density at radius 2 is 2.27 bits per heavy atom. The Labute approximate surface area is 70.1 Å². The van der Waals surface area contributed by atoms with E-state index in [9.17, 15) is 0 Å². The highest BCUT2D eigenvalue weighted by Crippen LogP contribution is 2.01. The van der Waals surface area contributed by atoms with Crippen molar-refractivity contribution in [3.05, 3.63) is 12.7 Å². The van der Waals surface area contributed by atoms with E-state index in [1.807, 2.05) is 6.08 Å². The predicted octanol–water partition coefficient (Wildman–Crippen LogP) is 1.09. The Balaban J connectivity index is 3.52. The van der Waals surface area contributed by atoms with E-state index in [4.69, 9.17) is 5.73 Å². The third-order valence-electron chi connectivity index (χ3n) is 1.92. The first kappa shape index (κ1) is 10.7. The van der Waals surface area contributed by atoms with Crippen LogP contribution in [-0.4, -0.2) is 31.6 Å². The molecule has 1 atom stereocenters. The number of likely N-dealkylation sites (N-methyl/N-ethyl adjacent to an activating group) is 1. The second-order valence-electron chi connectivity index (χ2n) is 3.02. The molecule has 0 fully saturated rings. The maximum atomic E-state index is 5.58. The number of nitrogens with two attached hydrogens (primary N) is 1. The normalized spacial score (nSPS) is 13.5. The van der Waals surface area contributed by atoms with Gasteiger partial charge in [0.1, 0.15) is 0 Å². The average molecular weight is 156 g/mol. The molecule has 0 radical (unpaired) electrons. The van der Waals surface area contributed by atoms with Crippen molar-refractivity contribution >= 4 is 0 Å². The number of hydrogen-bond donors (Lipinski definition) is 1. The lowest BCUT2D eigenvalue weighted by Crippen LogP contribution is -2.29. The van der Waals surface area contributed by atoms with Gasteiger partial charge >= 0.3 is 0 Å². The van der Waals surface area contributed by atoms with Gasteiger partial charge in [-0.15, -0.1) is 6.58 Å². The fraction of sp³-hybridized carbons (Fsp3) is 0.778. The Morgan fingerprint density at radius 1 is 1.64 bits per heavy atom. The summed E-state index contributed by atoms with van der Waals surface area (Å²) in [7, 11) is 2.10. The topological polar surface area (TPSA) is 29.3 Å². The molecule has 0 aromatic heterocycles. The summed E-state index contributed by atoms with van der Waals surface area (Å²) in [6.45, 7) is 8.69. The van der Waals surface area contributed by atoms with E-state index < -0.39 is 0 Å². The molecule has 11 heavy (non-hydrogen) atoms. The Bertz CT molecular complexity index is 97.7. The van der Waals surface area contributed by atoms with Gasteiger partial charge in [-0.3, -0.25) is 0 Å². The van der Waals surface area contributed by atoms with Crippen molar-refractivity contribution in [1.82, 2.24) is 4.90 Å². The van der Waals surface area contributed by atoms with Crippen molar-refractivity contribution in [3.8, 4) is 0 Å². The van der Waals surface area contributed by atoms with Crippen LogP contribution in [0, 0.1) is 5.92 Å². The van der Waals surface area contributed by atoms with Crippen molar-refractivity contribution in [2.45, 2.75) is 13.3 Å². The lowest BCUT2D eigenvalue weighted by Gasteiger charge is -2.20. The van der Waals surface area contributed by atoms with Crippen LogP contribution in [-0.2, 0) is 0 Å². The average Bonchev–Trinajstić information content (AvgIpc) is 2.01. The van der Waals surface area contributed by atoms with Gasteiger partial charge in [0, 0.05) is 13.1 Å². The summed E-state index contributed by atoms with van der Waals surface area (Å²) in [4.78, 5) is 2.24. The maximum absolute atomic E-state index is 5.58. The highest BCUT2D eigenvalue weighted by molar-refractivity contribution is 4.73. The minimum absolute atomic E-state index is 0.639. The minimum atomic E-state index is 0.639. The molecular weight excluding hydrogens is 136 g/mol. The molecule has 0 saturated carbocycles. The fourth-order valence-corrected chi connectivity index (χ4v) is 1.11. The van der Waals surface area contributed by atoms with Gasteiger partial charge in [-0.1, -0.05) is 19.4 Å². The highest BCUT2D eigenvalue weighted by Gasteiger charge is 2.05. The van der Waals surface area contributed by atoms with Crippen LogP contribution in [0.1, 0.15) is 13.3 Å². The first-order chi connectivity index (χ1) is 5.24. The standard InChI is InChI=1S/C9H20N2/c1-4-6-11(3)8-9(5-2)7-10/h4,9H,1,5-8,10H2,2-3H3. The molecule has 0 amide bonds. The molecule has 66 valence electrons. The minimum Gasteiger partial charge on any atom is -0.330 e. The molecule has 0 rings (SSSR count). The van der Waals surface area contributed by atoms with Crippen LogP contribution in [0.25, 0.3) is 0 Å². The second kappa shape index (κ2) is 6.38. The molecule has 0 aliphatic rings. The van der Waals surface area contributed by atoms with Gasteiger partial charge in [0.25, 0.3) is 0 Å². The monoisotopic (exact) mass is 156 g/mol. The first-order valence-corrected chi connectivity index (χ1v) is 4.24. The van der Waals surface area contributed by atoms with Crippen molar-refractivity contribution in [2.75, 3.05) is 26.7 Å².